The Balaban J connectivity index is 2.29. The number of methoxy groups -OCH3 is 1. The number of carbonyl (C=O) groups is 1. The first kappa shape index (κ1) is 13.9. The summed E-state index contributed by atoms with van der Waals surface area (Å²) >= 11 is 0. The van der Waals surface area contributed by atoms with E-state index in [2.05, 4.69) is 16.6 Å². The molecule has 0 heterocycles. The van der Waals surface area contributed by atoms with Crippen molar-refractivity contribution in [3.05, 3.63) is 24.3 Å². The fourth-order valence-corrected chi connectivity index (χ4v) is 1.43. The fourth-order valence-electron chi connectivity index (χ4n) is 1.43. The Labute approximate surface area is 108 Å². The van der Waals surface area contributed by atoms with Crippen LogP contribution in [0.4, 0.5) is 10.5 Å². The lowest BCUT2D eigenvalue weighted by Crippen LogP contribution is -2.29. The van der Waals surface area contributed by atoms with Crippen LogP contribution in [0, 0.1) is 12.3 Å². The lowest BCUT2D eigenvalue weighted by atomic mass is 10.2. The Bertz CT molecular complexity index is 424. The normalized spacial score (nSPS) is 9.33. The molecule has 0 bridgehead atoms. The first-order valence-corrected chi connectivity index (χ1v) is 5.88. The van der Waals surface area contributed by atoms with Crippen LogP contribution in [0.1, 0.15) is 19.3 Å². The number of anilines is 1. The Kier molecular flexibility index (Phi) is 6.20. The molecule has 1 rings (SSSR count). The van der Waals surface area contributed by atoms with E-state index in [4.69, 9.17) is 11.2 Å². The minimum atomic E-state index is -0.219. The van der Waals surface area contributed by atoms with Gasteiger partial charge in [0.15, 0.2) is 0 Å². The molecule has 1 aromatic rings. The van der Waals surface area contributed by atoms with Crippen molar-refractivity contribution in [3.63, 3.8) is 0 Å². The number of benzene rings is 1. The standard InChI is InChI=1S/C14H18N2O2/c1-3-4-5-6-10-15-14(17)16-12-8-7-9-13(11-12)18-2/h1,7-9,11H,4-6,10H2,2H3,(H2,15,16,17). The van der Waals surface area contributed by atoms with Crippen LogP contribution in [0.25, 0.3) is 0 Å². The van der Waals surface area contributed by atoms with Gasteiger partial charge < -0.3 is 15.4 Å². The molecule has 4 nitrogen and oxygen atoms in total. The number of hydrogen-bond donors (Lipinski definition) is 2. The third-order valence-corrected chi connectivity index (χ3v) is 2.36. The number of hydrogen-bond acceptors (Lipinski definition) is 2. The quantitative estimate of drug-likeness (QED) is 0.599. The zero-order chi connectivity index (χ0) is 13.2. The Morgan fingerprint density at radius 1 is 1.44 bits per heavy atom. The third kappa shape index (κ3) is 5.26. The van der Waals surface area contributed by atoms with Crippen molar-refractivity contribution < 1.29 is 9.53 Å². The average Bonchev–Trinajstić information content (AvgIpc) is 2.38. The molecule has 0 unspecified atom stereocenters. The van der Waals surface area contributed by atoms with Gasteiger partial charge in [0.25, 0.3) is 0 Å². The molecule has 0 saturated carbocycles. The summed E-state index contributed by atoms with van der Waals surface area (Å²) in [4.78, 5) is 11.5. The first-order valence-electron chi connectivity index (χ1n) is 5.88. The molecule has 2 N–H and O–H groups in total. The molecule has 0 fully saturated rings. The molecular weight excluding hydrogens is 228 g/mol. The van der Waals surface area contributed by atoms with Gasteiger partial charge in [0.05, 0.1) is 7.11 Å². The molecule has 0 aliphatic rings. The number of ether oxygens (including phenoxy) is 1. The maximum absolute atomic E-state index is 11.5. The van der Waals surface area contributed by atoms with Crippen molar-refractivity contribution in [1.29, 1.82) is 0 Å². The van der Waals surface area contributed by atoms with Gasteiger partial charge in [-0.15, -0.1) is 12.3 Å². The van der Waals surface area contributed by atoms with E-state index < -0.39 is 0 Å². The van der Waals surface area contributed by atoms with Crippen molar-refractivity contribution in [2.45, 2.75) is 19.3 Å². The van der Waals surface area contributed by atoms with Crippen LogP contribution in [-0.2, 0) is 0 Å². The molecule has 0 atom stereocenters. The minimum Gasteiger partial charge on any atom is -0.497 e. The summed E-state index contributed by atoms with van der Waals surface area (Å²) in [7, 11) is 1.59. The van der Waals surface area contributed by atoms with E-state index in [1.54, 1.807) is 19.2 Å². The average molecular weight is 246 g/mol. The zero-order valence-corrected chi connectivity index (χ0v) is 10.5. The molecular formula is C14H18N2O2. The molecule has 0 saturated heterocycles. The Morgan fingerprint density at radius 3 is 3.00 bits per heavy atom. The summed E-state index contributed by atoms with van der Waals surface area (Å²) < 4.78 is 5.07. The highest BCUT2D eigenvalue weighted by molar-refractivity contribution is 5.89. The number of rotatable bonds is 6. The lowest BCUT2D eigenvalue weighted by molar-refractivity contribution is 0.252. The Morgan fingerprint density at radius 2 is 2.28 bits per heavy atom. The van der Waals surface area contributed by atoms with Crippen molar-refractivity contribution in [2.75, 3.05) is 19.0 Å². The van der Waals surface area contributed by atoms with Gasteiger partial charge in [-0.1, -0.05) is 6.07 Å². The second-order valence-electron chi connectivity index (χ2n) is 3.77. The van der Waals surface area contributed by atoms with Gasteiger partial charge in [-0.3, -0.25) is 0 Å². The highest BCUT2D eigenvalue weighted by atomic mass is 16.5. The number of amides is 2. The molecule has 4 heteroatoms. The predicted octanol–water partition coefficient (Wildman–Crippen LogP) is 2.62. The molecule has 96 valence electrons. The van der Waals surface area contributed by atoms with Gasteiger partial charge in [0.1, 0.15) is 5.75 Å². The van der Waals surface area contributed by atoms with E-state index >= 15 is 0 Å². The van der Waals surface area contributed by atoms with E-state index in [9.17, 15) is 4.79 Å². The van der Waals surface area contributed by atoms with Crippen LogP contribution in [0.3, 0.4) is 0 Å². The summed E-state index contributed by atoms with van der Waals surface area (Å²) in [5.74, 6) is 3.28. The van der Waals surface area contributed by atoms with Gasteiger partial charge in [0.2, 0.25) is 0 Å². The molecule has 2 amide bonds. The maximum Gasteiger partial charge on any atom is 0.319 e. The maximum atomic E-state index is 11.5. The molecule has 1 aromatic carbocycles. The van der Waals surface area contributed by atoms with Gasteiger partial charge in [-0.05, 0) is 25.0 Å². The number of nitrogens with one attached hydrogen (secondary N) is 2. The van der Waals surface area contributed by atoms with E-state index in [1.165, 1.54) is 0 Å². The topological polar surface area (TPSA) is 50.4 Å². The lowest BCUT2D eigenvalue weighted by Gasteiger charge is -2.08. The predicted molar refractivity (Wildman–Crippen MR) is 72.7 cm³/mol. The highest BCUT2D eigenvalue weighted by Gasteiger charge is 2.01. The summed E-state index contributed by atoms with van der Waals surface area (Å²) in [5.41, 5.74) is 0.704. The monoisotopic (exact) mass is 246 g/mol. The van der Waals surface area contributed by atoms with Crippen LogP contribution >= 0.6 is 0 Å². The van der Waals surface area contributed by atoms with Crippen molar-refractivity contribution in [3.8, 4) is 18.1 Å². The van der Waals surface area contributed by atoms with Crippen LogP contribution in [-0.4, -0.2) is 19.7 Å². The fraction of sp³-hybridized carbons (Fsp3) is 0.357. The minimum absolute atomic E-state index is 0.219. The molecule has 0 radical (unpaired) electrons. The van der Waals surface area contributed by atoms with Crippen LogP contribution < -0.4 is 15.4 Å². The van der Waals surface area contributed by atoms with Gasteiger partial charge in [0, 0.05) is 24.7 Å². The first-order chi connectivity index (χ1) is 8.76. The molecule has 0 aliphatic carbocycles. The zero-order valence-electron chi connectivity index (χ0n) is 10.5. The molecule has 0 aromatic heterocycles. The second-order valence-corrected chi connectivity index (χ2v) is 3.77. The van der Waals surface area contributed by atoms with E-state index in [0.29, 0.717) is 18.0 Å². The van der Waals surface area contributed by atoms with Gasteiger partial charge >= 0.3 is 6.03 Å². The van der Waals surface area contributed by atoms with Crippen molar-refractivity contribution in [2.24, 2.45) is 0 Å². The molecule has 18 heavy (non-hydrogen) atoms. The highest BCUT2D eigenvalue weighted by Crippen LogP contribution is 2.16. The Hall–Kier alpha value is -2.15. The summed E-state index contributed by atoms with van der Waals surface area (Å²) in [6, 6.07) is 6.99. The largest absolute Gasteiger partial charge is 0.497 e. The number of urea groups is 1. The van der Waals surface area contributed by atoms with Gasteiger partial charge in [-0.25, -0.2) is 4.79 Å². The van der Waals surface area contributed by atoms with Crippen LogP contribution in [0.15, 0.2) is 24.3 Å². The number of unbranched alkanes of at least 4 members (excludes halogenated alkanes) is 2. The van der Waals surface area contributed by atoms with Crippen LogP contribution in [0.2, 0.25) is 0 Å². The van der Waals surface area contributed by atoms with Crippen LogP contribution in [0.5, 0.6) is 5.75 Å². The second kappa shape index (κ2) is 8.02. The van der Waals surface area contributed by atoms with E-state index in [0.717, 1.165) is 19.3 Å². The number of terminal acetylenes is 1. The summed E-state index contributed by atoms with van der Waals surface area (Å²) in [6.45, 7) is 0.623. The van der Waals surface area contributed by atoms with E-state index in [1.807, 2.05) is 12.1 Å². The summed E-state index contributed by atoms with van der Waals surface area (Å²) in [6.07, 6.45) is 7.70. The third-order valence-electron chi connectivity index (χ3n) is 2.36. The molecule has 0 spiro atoms. The molecule has 0 aliphatic heterocycles. The number of carbonyl (C=O) groups excluding carboxylic acids is 1. The smallest absolute Gasteiger partial charge is 0.319 e. The van der Waals surface area contributed by atoms with E-state index in [-0.39, 0.29) is 6.03 Å². The summed E-state index contributed by atoms with van der Waals surface area (Å²) in [5, 5.41) is 5.51. The van der Waals surface area contributed by atoms with Crippen molar-refractivity contribution in [1.82, 2.24) is 5.32 Å². The SMILES string of the molecule is C#CCCCCNC(=O)Nc1cccc(OC)c1. The van der Waals surface area contributed by atoms with Gasteiger partial charge in [-0.2, -0.15) is 0 Å². The van der Waals surface area contributed by atoms with Crippen molar-refractivity contribution >= 4 is 11.7 Å².